The molecule has 0 atom stereocenters. The molecular formula is C18H15N3O2. The molecule has 1 aliphatic rings. The lowest BCUT2D eigenvalue weighted by atomic mass is 10.1. The van der Waals surface area contributed by atoms with Gasteiger partial charge in [0.2, 0.25) is 5.91 Å². The van der Waals surface area contributed by atoms with Crippen molar-refractivity contribution in [2.75, 3.05) is 10.6 Å². The van der Waals surface area contributed by atoms with Crippen LogP contribution in [0, 0.1) is 17.2 Å². The second-order valence-corrected chi connectivity index (χ2v) is 5.49. The molecule has 0 aliphatic heterocycles. The van der Waals surface area contributed by atoms with Gasteiger partial charge in [0, 0.05) is 22.9 Å². The summed E-state index contributed by atoms with van der Waals surface area (Å²) in [5, 5.41) is 14.5. The molecule has 3 rings (SSSR count). The van der Waals surface area contributed by atoms with E-state index < -0.39 is 0 Å². The summed E-state index contributed by atoms with van der Waals surface area (Å²) in [5.41, 5.74) is 2.21. The van der Waals surface area contributed by atoms with Crippen molar-refractivity contribution in [3.63, 3.8) is 0 Å². The van der Waals surface area contributed by atoms with Crippen LogP contribution < -0.4 is 10.6 Å². The largest absolute Gasteiger partial charge is 0.326 e. The number of amides is 2. The van der Waals surface area contributed by atoms with Gasteiger partial charge in [0.15, 0.2) is 0 Å². The van der Waals surface area contributed by atoms with Crippen molar-refractivity contribution in [1.29, 1.82) is 5.26 Å². The molecule has 23 heavy (non-hydrogen) atoms. The van der Waals surface area contributed by atoms with Crippen molar-refractivity contribution >= 4 is 23.2 Å². The Balaban J connectivity index is 1.64. The minimum absolute atomic E-state index is 0.0510. The third-order valence-corrected chi connectivity index (χ3v) is 3.61. The lowest BCUT2D eigenvalue weighted by Gasteiger charge is -2.08. The van der Waals surface area contributed by atoms with E-state index >= 15 is 0 Å². The smallest absolute Gasteiger partial charge is 0.255 e. The number of nitrogens with zero attached hydrogens (tertiary/aromatic N) is 1. The third-order valence-electron chi connectivity index (χ3n) is 3.61. The number of rotatable bonds is 4. The summed E-state index contributed by atoms with van der Waals surface area (Å²) >= 11 is 0. The van der Waals surface area contributed by atoms with Crippen LogP contribution in [0.25, 0.3) is 0 Å². The van der Waals surface area contributed by atoms with Gasteiger partial charge in [-0.3, -0.25) is 9.59 Å². The van der Waals surface area contributed by atoms with Crippen LogP contribution in [0.4, 0.5) is 11.4 Å². The predicted molar refractivity (Wildman–Crippen MR) is 86.9 cm³/mol. The molecule has 2 aromatic rings. The SMILES string of the molecule is N#Cc1cccc(C(=O)Nc2ccc(NC(=O)C3CC3)cc2)c1. The molecule has 0 saturated heterocycles. The third kappa shape index (κ3) is 3.74. The van der Waals surface area contributed by atoms with Crippen LogP contribution in [-0.2, 0) is 4.79 Å². The zero-order valence-electron chi connectivity index (χ0n) is 12.4. The second kappa shape index (κ2) is 6.32. The highest BCUT2D eigenvalue weighted by Gasteiger charge is 2.29. The van der Waals surface area contributed by atoms with Gasteiger partial charge in [-0.2, -0.15) is 5.26 Å². The first-order valence-corrected chi connectivity index (χ1v) is 7.38. The zero-order valence-corrected chi connectivity index (χ0v) is 12.4. The first-order chi connectivity index (χ1) is 11.2. The number of carbonyl (C=O) groups excluding carboxylic acids is 2. The summed E-state index contributed by atoms with van der Waals surface area (Å²) < 4.78 is 0. The van der Waals surface area contributed by atoms with Crippen LogP contribution in [0.5, 0.6) is 0 Å². The van der Waals surface area contributed by atoms with Gasteiger partial charge in [0.25, 0.3) is 5.91 Å². The van der Waals surface area contributed by atoms with E-state index in [1.54, 1.807) is 48.5 Å². The summed E-state index contributed by atoms with van der Waals surface area (Å²) in [6.07, 6.45) is 1.92. The molecule has 1 aliphatic carbocycles. The van der Waals surface area contributed by atoms with Crippen molar-refractivity contribution in [2.24, 2.45) is 5.92 Å². The van der Waals surface area contributed by atoms with Crippen LogP contribution in [0.15, 0.2) is 48.5 Å². The summed E-state index contributed by atoms with van der Waals surface area (Å²) in [7, 11) is 0. The summed E-state index contributed by atoms with van der Waals surface area (Å²) in [6, 6.07) is 15.5. The maximum Gasteiger partial charge on any atom is 0.255 e. The molecule has 2 aromatic carbocycles. The van der Waals surface area contributed by atoms with Crippen LogP contribution in [-0.4, -0.2) is 11.8 Å². The molecule has 0 radical (unpaired) electrons. The van der Waals surface area contributed by atoms with E-state index in [-0.39, 0.29) is 17.7 Å². The van der Waals surface area contributed by atoms with Crippen molar-refractivity contribution in [3.05, 3.63) is 59.7 Å². The molecule has 0 aromatic heterocycles. The summed E-state index contributed by atoms with van der Waals surface area (Å²) in [5.74, 6) is -0.0752. The molecule has 0 spiro atoms. The minimum Gasteiger partial charge on any atom is -0.326 e. The van der Waals surface area contributed by atoms with Gasteiger partial charge >= 0.3 is 0 Å². The molecule has 5 nitrogen and oxygen atoms in total. The molecule has 2 N–H and O–H groups in total. The molecule has 5 heteroatoms. The Kier molecular flexibility index (Phi) is 4.07. The molecule has 114 valence electrons. The average molecular weight is 305 g/mol. The van der Waals surface area contributed by atoms with Gasteiger partial charge in [0.05, 0.1) is 11.6 Å². The maximum absolute atomic E-state index is 12.2. The molecule has 2 amide bonds. The molecule has 1 saturated carbocycles. The highest BCUT2D eigenvalue weighted by molar-refractivity contribution is 6.04. The van der Waals surface area contributed by atoms with Gasteiger partial charge in [-0.15, -0.1) is 0 Å². The monoisotopic (exact) mass is 305 g/mol. The standard InChI is InChI=1S/C18H15N3O2/c19-11-12-2-1-3-14(10-12)18(23)21-16-8-6-15(7-9-16)20-17(22)13-4-5-13/h1-3,6-10,13H,4-5H2,(H,20,22)(H,21,23). The minimum atomic E-state index is -0.281. The van der Waals surface area contributed by atoms with Gasteiger partial charge in [-0.05, 0) is 55.3 Å². The average Bonchev–Trinajstić information content (AvgIpc) is 3.41. The van der Waals surface area contributed by atoms with E-state index in [4.69, 9.17) is 5.26 Å². The maximum atomic E-state index is 12.2. The molecular weight excluding hydrogens is 290 g/mol. The van der Waals surface area contributed by atoms with E-state index in [1.165, 1.54) is 0 Å². The van der Waals surface area contributed by atoms with Crippen LogP contribution in [0.2, 0.25) is 0 Å². The highest BCUT2D eigenvalue weighted by Crippen LogP contribution is 2.30. The second-order valence-electron chi connectivity index (χ2n) is 5.49. The Morgan fingerprint density at radius 3 is 2.26 bits per heavy atom. The molecule has 0 heterocycles. The number of hydrogen-bond donors (Lipinski definition) is 2. The fourth-order valence-electron chi connectivity index (χ4n) is 2.16. The fraction of sp³-hybridized carbons (Fsp3) is 0.167. The van der Waals surface area contributed by atoms with Crippen molar-refractivity contribution in [3.8, 4) is 6.07 Å². The number of anilines is 2. The van der Waals surface area contributed by atoms with Crippen molar-refractivity contribution < 1.29 is 9.59 Å². The van der Waals surface area contributed by atoms with Gasteiger partial charge < -0.3 is 10.6 Å². The number of nitriles is 1. The van der Waals surface area contributed by atoms with E-state index in [0.29, 0.717) is 22.5 Å². The lowest BCUT2D eigenvalue weighted by Crippen LogP contribution is -2.14. The van der Waals surface area contributed by atoms with Gasteiger partial charge in [-0.1, -0.05) is 6.07 Å². The van der Waals surface area contributed by atoms with E-state index in [2.05, 4.69) is 10.6 Å². The molecule has 1 fully saturated rings. The molecule has 0 unspecified atom stereocenters. The van der Waals surface area contributed by atoms with Crippen molar-refractivity contribution in [2.45, 2.75) is 12.8 Å². The number of carbonyl (C=O) groups is 2. The number of nitrogens with one attached hydrogen (secondary N) is 2. The normalized spacial score (nSPS) is 13.0. The summed E-state index contributed by atoms with van der Waals surface area (Å²) in [4.78, 5) is 23.8. The van der Waals surface area contributed by atoms with E-state index in [9.17, 15) is 9.59 Å². The Morgan fingerprint density at radius 2 is 1.65 bits per heavy atom. The fourth-order valence-corrected chi connectivity index (χ4v) is 2.16. The molecule has 0 bridgehead atoms. The van der Waals surface area contributed by atoms with Gasteiger partial charge in [0.1, 0.15) is 0 Å². The number of hydrogen-bond acceptors (Lipinski definition) is 3. The van der Waals surface area contributed by atoms with Crippen LogP contribution in [0.1, 0.15) is 28.8 Å². The summed E-state index contributed by atoms with van der Waals surface area (Å²) in [6.45, 7) is 0. The van der Waals surface area contributed by atoms with E-state index in [1.807, 2.05) is 6.07 Å². The predicted octanol–water partition coefficient (Wildman–Crippen LogP) is 3.16. The Hall–Kier alpha value is -3.13. The Labute approximate surface area is 133 Å². The zero-order chi connectivity index (χ0) is 16.2. The van der Waals surface area contributed by atoms with Crippen LogP contribution >= 0.6 is 0 Å². The first kappa shape index (κ1) is 14.8. The lowest BCUT2D eigenvalue weighted by molar-refractivity contribution is -0.117. The van der Waals surface area contributed by atoms with E-state index in [0.717, 1.165) is 12.8 Å². The Morgan fingerprint density at radius 1 is 1.00 bits per heavy atom. The number of benzene rings is 2. The topological polar surface area (TPSA) is 82.0 Å². The first-order valence-electron chi connectivity index (χ1n) is 7.38. The quantitative estimate of drug-likeness (QED) is 0.910. The Bertz CT molecular complexity index is 787. The highest BCUT2D eigenvalue weighted by atomic mass is 16.2. The van der Waals surface area contributed by atoms with Gasteiger partial charge in [-0.25, -0.2) is 0 Å². The van der Waals surface area contributed by atoms with Crippen LogP contribution in [0.3, 0.4) is 0 Å². The van der Waals surface area contributed by atoms with Crippen molar-refractivity contribution in [1.82, 2.24) is 0 Å².